The molecule has 4 N–H and O–H groups in total. The lowest BCUT2D eigenvalue weighted by Crippen LogP contribution is -2.40. The van der Waals surface area contributed by atoms with Crippen molar-refractivity contribution in [1.82, 2.24) is 9.66 Å². The summed E-state index contributed by atoms with van der Waals surface area (Å²) in [6.45, 7) is 1.90. The standard InChI is InChI=1S/C24H21F3N8O3/c1-3-38-22(36)19-16(11-28)35-20(21(29)31-12-34(35)2)18(19)13-4-6-15(7-5-13)32-23(37)33-17-10-14(8-9-30-17)24(25,26)27/h4-10H,3,12H2,1-2H3,(H2,29,31)(H2,30,32,33,37). The van der Waals surface area contributed by atoms with Crippen molar-refractivity contribution in [2.45, 2.75) is 13.1 Å². The number of amides is 2. The zero-order chi connectivity index (χ0) is 27.6. The second-order valence-corrected chi connectivity index (χ2v) is 8.02. The number of benzene rings is 1. The number of nitriles is 1. The van der Waals surface area contributed by atoms with E-state index in [1.165, 1.54) is 16.8 Å². The molecular weight excluding hydrogens is 505 g/mol. The molecule has 196 valence electrons. The van der Waals surface area contributed by atoms with Gasteiger partial charge in [-0.3, -0.25) is 10.3 Å². The summed E-state index contributed by atoms with van der Waals surface area (Å²) in [5, 5.41) is 16.3. The number of carbonyl (C=O) groups is 2. The van der Waals surface area contributed by atoms with Crippen LogP contribution in [-0.4, -0.2) is 47.8 Å². The first-order valence-electron chi connectivity index (χ1n) is 11.1. The molecule has 1 aliphatic heterocycles. The second-order valence-electron chi connectivity index (χ2n) is 8.02. The molecule has 2 aromatic heterocycles. The van der Waals surface area contributed by atoms with E-state index in [0.29, 0.717) is 28.6 Å². The molecule has 38 heavy (non-hydrogen) atoms. The number of anilines is 2. The highest BCUT2D eigenvalue weighted by Gasteiger charge is 2.34. The second kappa shape index (κ2) is 10.1. The molecule has 0 atom stereocenters. The molecule has 0 spiro atoms. The number of aliphatic imine (C=N–C) groups is 1. The first kappa shape index (κ1) is 26.0. The predicted octanol–water partition coefficient (Wildman–Crippen LogP) is 3.51. The number of hydrogen-bond acceptors (Lipinski definition) is 8. The Morgan fingerprint density at radius 1 is 1.21 bits per heavy atom. The molecule has 1 aromatic carbocycles. The van der Waals surface area contributed by atoms with Gasteiger partial charge in [-0.15, -0.1) is 0 Å². The summed E-state index contributed by atoms with van der Waals surface area (Å²) >= 11 is 0. The molecule has 0 radical (unpaired) electrons. The number of rotatable bonds is 5. The fourth-order valence-corrected chi connectivity index (χ4v) is 3.92. The molecule has 2 amide bonds. The van der Waals surface area contributed by atoms with Gasteiger partial charge in [0.05, 0.1) is 12.2 Å². The Kier molecular flexibility index (Phi) is 6.94. The number of urea groups is 1. The van der Waals surface area contributed by atoms with Gasteiger partial charge in [0.2, 0.25) is 0 Å². The van der Waals surface area contributed by atoms with Crippen molar-refractivity contribution < 1.29 is 27.5 Å². The van der Waals surface area contributed by atoms with Crippen molar-refractivity contribution in [2.24, 2.45) is 10.7 Å². The molecule has 14 heteroatoms. The smallest absolute Gasteiger partial charge is 0.416 e. The Labute approximate surface area is 214 Å². The maximum absolute atomic E-state index is 12.9. The van der Waals surface area contributed by atoms with Crippen LogP contribution in [0.3, 0.4) is 0 Å². The van der Waals surface area contributed by atoms with Gasteiger partial charge in [0, 0.05) is 24.5 Å². The van der Waals surface area contributed by atoms with E-state index in [9.17, 15) is 28.0 Å². The van der Waals surface area contributed by atoms with Crippen LogP contribution >= 0.6 is 0 Å². The van der Waals surface area contributed by atoms with E-state index in [1.54, 1.807) is 31.1 Å². The van der Waals surface area contributed by atoms with Gasteiger partial charge in [-0.2, -0.15) is 18.4 Å². The van der Waals surface area contributed by atoms with Crippen LogP contribution in [0.5, 0.6) is 0 Å². The van der Waals surface area contributed by atoms with Crippen molar-refractivity contribution in [1.29, 1.82) is 5.26 Å². The fourth-order valence-electron chi connectivity index (χ4n) is 3.92. The molecule has 0 unspecified atom stereocenters. The van der Waals surface area contributed by atoms with Gasteiger partial charge in [-0.1, -0.05) is 12.1 Å². The van der Waals surface area contributed by atoms with E-state index in [2.05, 4.69) is 20.6 Å². The Balaban J connectivity index is 1.65. The SMILES string of the molecule is CCOC(=O)c1c(-c2ccc(NC(=O)Nc3cc(C(F)(F)F)ccn3)cc2)c2n(c1C#N)N(C)CN=C2N. The number of halogens is 3. The lowest BCUT2D eigenvalue weighted by Gasteiger charge is -2.26. The van der Waals surface area contributed by atoms with Gasteiger partial charge in [0.1, 0.15) is 35.6 Å². The normalized spacial score (nSPS) is 12.7. The maximum Gasteiger partial charge on any atom is 0.416 e. The molecule has 0 bridgehead atoms. The first-order chi connectivity index (χ1) is 18.0. The monoisotopic (exact) mass is 526 g/mol. The number of esters is 1. The van der Waals surface area contributed by atoms with Crippen LogP contribution in [0, 0.1) is 11.3 Å². The number of carbonyl (C=O) groups excluding carboxylic acids is 2. The van der Waals surface area contributed by atoms with Gasteiger partial charge in [-0.05, 0) is 36.8 Å². The van der Waals surface area contributed by atoms with E-state index in [4.69, 9.17) is 10.5 Å². The lowest BCUT2D eigenvalue weighted by atomic mass is 9.99. The van der Waals surface area contributed by atoms with Gasteiger partial charge >= 0.3 is 18.2 Å². The lowest BCUT2D eigenvalue weighted by molar-refractivity contribution is -0.137. The topological polar surface area (TPSA) is 151 Å². The number of ether oxygens (including phenoxy) is 1. The van der Waals surface area contributed by atoms with Gasteiger partial charge in [0.25, 0.3) is 0 Å². The van der Waals surface area contributed by atoms with E-state index in [-0.39, 0.29) is 36.2 Å². The number of aromatic nitrogens is 2. The van der Waals surface area contributed by atoms with Crippen molar-refractivity contribution in [3.8, 4) is 17.2 Å². The fraction of sp³-hybridized carbons (Fsp3) is 0.208. The molecule has 0 saturated carbocycles. The highest BCUT2D eigenvalue weighted by Crippen LogP contribution is 2.35. The summed E-state index contributed by atoms with van der Waals surface area (Å²) < 4.78 is 45.4. The van der Waals surface area contributed by atoms with E-state index in [1.807, 2.05) is 6.07 Å². The maximum atomic E-state index is 12.9. The number of amidine groups is 1. The Morgan fingerprint density at radius 2 is 1.92 bits per heavy atom. The summed E-state index contributed by atoms with van der Waals surface area (Å²) in [4.78, 5) is 33.2. The third-order valence-electron chi connectivity index (χ3n) is 5.52. The molecule has 3 aromatic rings. The molecule has 0 saturated heterocycles. The van der Waals surface area contributed by atoms with Crippen molar-refractivity contribution in [3.05, 3.63) is 65.1 Å². The molecule has 0 aliphatic carbocycles. The number of fused-ring (bicyclic) bond motifs is 1. The Hall–Kier alpha value is -5.06. The van der Waals surface area contributed by atoms with Gasteiger partial charge < -0.3 is 15.8 Å². The van der Waals surface area contributed by atoms with Crippen LogP contribution in [0.25, 0.3) is 11.1 Å². The average Bonchev–Trinajstić information content (AvgIpc) is 3.23. The highest BCUT2D eigenvalue weighted by molar-refractivity contribution is 6.11. The molecule has 11 nitrogen and oxygen atoms in total. The molecule has 4 rings (SSSR count). The third kappa shape index (κ3) is 4.94. The third-order valence-corrected chi connectivity index (χ3v) is 5.52. The summed E-state index contributed by atoms with van der Waals surface area (Å²) in [6.07, 6.45) is -3.64. The Morgan fingerprint density at radius 3 is 2.55 bits per heavy atom. The highest BCUT2D eigenvalue weighted by atomic mass is 19.4. The number of pyridine rings is 1. The number of alkyl halides is 3. The predicted molar refractivity (Wildman–Crippen MR) is 132 cm³/mol. The molecule has 0 fully saturated rings. The summed E-state index contributed by atoms with van der Waals surface area (Å²) in [5.41, 5.74) is 6.71. The van der Waals surface area contributed by atoms with Crippen molar-refractivity contribution in [2.75, 3.05) is 36.0 Å². The van der Waals surface area contributed by atoms with Crippen molar-refractivity contribution in [3.63, 3.8) is 0 Å². The average molecular weight is 526 g/mol. The molecule has 1 aliphatic rings. The summed E-state index contributed by atoms with van der Waals surface area (Å²) in [7, 11) is 1.68. The van der Waals surface area contributed by atoms with Crippen LogP contribution in [-0.2, 0) is 10.9 Å². The van der Waals surface area contributed by atoms with Crippen molar-refractivity contribution >= 4 is 29.3 Å². The number of nitrogens with zero attached hydrogens (tertiary/aromatic N) is 5. The number of nitrogens with two attached hydrogens (primary N) is 1. The van der Waals surface area contributed by atoms with Crippen LogP contribution < -0.4 is 21.4 Å². The zero-order valence-electron chi connectivity index (χ0n) is 20.1. The molecule has 3 heterocycles. The number of hydrogen-bond donors (Lipinski definition) is 3. The largest absolute Gasteiger partial charge is 0.462 e. The van der Waals surface area contributed by atoms with Gasteiger partial charge in [0.15, 0.2) is 5.69 Å². The minimum absolute atomic E-state index is 0.0188. The summed E-state index contributed by atoms with van der Waals surface area (Å²) in [5.74, 6) is -0.867. The molecular formula is C24H21F3N8O3. The quantitative estimate of drug-likeness (QED) is 0.431. The van der Waals surface area contributed by atoms with Gasteiger partial charge in [-0.25, -0.2) is 24.2 Å². The van der Waals surface area contributed by atoms with Crippen LogP contribution in [0.1, 0.15) is 34.2 Å². The van der Waals surface area contributed by atoms with Crippen LogP contribution in [0.2, 0.25) is 0 Å². The number of nitrogens with one attached hydrogen (secondary N) is 2. The minimum Gasteiger partial charge on any atom is -0.462 e. The first-order valence-corrected chi connectivity index (χ1v) is 11.1. The van der Waals surface area contributed by atoms with E-state index < -0.39 is 23.7 Å². The van der Waals surface area contributed by atoms with E-state index in [0.717, 1.165) is 12.3 Å². The minimum atomic E-state index is -4.58. The zero-order valence-corrected chi connectivity index (χ0v) is 20.1. The van der Waals surface area contributed by atoms with Crippen LogP contribution in [0.15, 0.2) is 47.6 Å². The van der Waals surface area contributed by atoms with Crippen LogP contribution in [0.4, 0.5) is 29.5 Å². The summed E-state index contributed by atoms with van der Waals surface area (Å²) in [6, 6.07) is 8.93. The van der Waals surface area contributed by atoms with E-state index >= 15 is 0 Å². The Bertz CT molecular complexity index is 1470.